The fourth-order valence-electron chi connectivity index (χ4n) is 8.24. The molecule has 9 heteroatoms. The smallest absolute Gasteiger partial charge is 0.455 e. The van der Waals surface area contributed by atoms with Gasteiger partial charge in [-0.3, -0.25) is 19.4 Å². The molecule has 2 N–H and O–H groups in total. The van der Waals surface area contributed by atoms with E-state index in [1.165, 1.54) is 16.7 Å². The number of imide groups is 1. The fraction of sp³-hybridized carbons (Fsp3) is 0.556. The Morgan fingerprint density at radius 3 is 2.49 bits per heavy atom. The zero-order valence-corrected chi connectivity index (χ0v) is 26.9. The number of piperidine rings is 1. The highest BCUT2D eigenvalue weighted by molar-refractivity contribution is 6.43. The van der Waals surface area contributed by atoms with E-state index < -0.39 is 13.0 Å². The molecule has 0 bridgehead atoms. The van der Waals surface area contributed by atoms with Crippen molar-refractivity contribution in [3.63, 3.8) is 0 Å². The molecule has 2 amide bonds. The first-order valence-electron chi connectivity index (χ1n) is 16.9. The predicted octanol–water partition coefficient (Wildman–Crippen LogP) is 5.46. The Morgan fingerprint density at radius 2 is 1.82 bits per heavy atom. The minimum atomic E-state index is -0.972. The molecule has 0 saturated carbocycles. The van der Waals surface area contributed by atoms with E-state index in [-0.39, 0.29) is 48.3 Å². The van der Waals surface area contributed by atoms with Gasteiger partial charge in [0.05, 0.1) is 17.9 Å². The van der Waals surface area contributed by atoms with E-state index in [4.69, 9.17) is 9.07 Å². The van der Waals surface area contributed by atoms with Gasteiger partial charge in [0.15, 0.2) is 0 Å². The maximum atomic E-state index is 14.2. The highest BCUT2D eigenvalue weighted by Gasteiger charge is 2.58. The van der Waals surface area contributed by atoms with E-state index in [0.29, 0.717) is 30.7 Å². The molecular weight excluding hydrogens is 567 g/mol. The monoisotopic (exact) mass is 614 g/mol. The van der Waals surface area contributed by atoms with Crippen LogP contribution in [-0.2, 0) is 27.4 Å². The van der Waals surface area contributed by atoms with Gasteiger partial charge in [0, 0.05) is 25.7 Å². The van der Waals surface area contributed by atoms with Crippen LogP contribution in [0.5, 0.6) is 0 Å². The molecule has 8 nitrogen and oxygen atoms in total. The van der Waals surface area contributed by atoms with Crippen LogP contribution < -0.4 is 0 Å². The molecule has 1 aliphatic carbocycles. The maximum Gasteiger partial charge on any atom is 0.455 e. The summed E-state index contributed by atoms with van der Waals surface area (Å²) in [7, 11) is -0.972. The first kappa shape index (κ1) is 32.0. The lowest BCUT2D eigenvalue weighted by molar-refractivity contribution is -0.144. The van der Waals surface area contributed by atoms with Gasteiger partial charge in [-0.05, 0) is 86.0 Å². The second kappa shape index (κ2) is 13.8. The minimum absolute atomic E-state index is 0.0156. The van der Waals surface area contributed by atoms with Crippen molar-refractivity contribution in [1.82, 2.24) is 9.80 Å². The number of allylic oxidation sites excluding steroid dienone is 2. The Kier molecular flexibility index (Phi) is 9.80. The van der Waals surface area contributed by atoms with Gasteiger partial charge in [0.2, 0.25) is 11.8 Å². The normalized spacial score (nSPS) is 26.7. The molecule has 0 spiro atoms. The lowest BCUT2D eigenvalue weighted by atomic mass is 9.57. The zero-order chi connectivity index (χ0) is 31.7. The molecule has 1 aromatic carbocycles. The fourth-order valence-corrected chi connectivity index (χ4v) is 8.24. The summed E-state index contributed by atoms with van der Waals surface area (Å²) in [5, 5.41) is 20.3. The molecule has 0 radical (unpaired) electrons. The van der Waals surface area contributed by atoms with Crippen molar-refractivity contribution in [1.29, 1.82) is 0 Å². The number of rotatable bonds is 10. The van der Waals surface area contributed by atoms with Crippen molar-refractivity contribution < 1.29 is 28.8 Å². The quantitative estimate of drug-likeness (QED) is 0.208. The van der Waals surface area contributed by atoms with Crippen molar-refractivity contribution >= 4 is 25.0 Å². The predicted molar refractivity (Wildman–Crippen MR) is 173 cm³/mol. The number of carbonyl (C=O) groups excluding carboxylic acids is 2. The van der Waals surface area contributed by atoms with Crippen LogP contribution in [-0.4, -0.2) is 64.1 Å². The number of benzene rings is 1. The lowest BCUT2D eigenvalue weighted by Crippen LogP contribution is -2.48. The zero-order valence-electron chi connectivity index (χ0n) is 26.9. The van der Waals surface area contributed by atoms with Crippen molar-refractivity contribution in [2.24, 2.45) is 23.7 Å². The van der Waals surface area contributed by atoms with Crippen LogP contribution in [0.1, 0.15) is 76.4 Å². The van der Waals surface area contributed by atoms with Crippen molar-refractivity contribution in [2.45, 2.75) is 90.9 Å². The first-order valence-corrected chi connectivity index (χ1v) is 16.9. The molecule has 3 saturated heterocycles. The number of likely N-dealkylation sites (tertiary alicyclic amines) is 2. The van der Waals surface area contributed by atoms with Crippen LogP contribution in [0.25, 0.3) is 6.08 Å². The summed E-state index contributed by atoms with van der Waals surface area (Å²) in [5.74, 6) is 0.410. The third-order valence-corrected chi connectivity index (χ3v) is 10.5. The number of hydrogen-bond acceptors (Lipinski definition) is 7. The molecule has 4 atom stereocenters. The number of carbonyl (C=O) groups is 2. The highest BCUT2D eigenvalue weighted by Crippen LogP contribution is 2.52. The second-order valence-corrected chi connectivity index (χ2v) is 13.6. The Morgan fingerprint density at radius 1 is 1.07 bits per heavy atom. The van der Waals surface area contributed by atoms with E-state index in [1.807, 2.05) is 18.2 Å². The van der Waals surface area contributed by atoms with Gasteiger partial charge in [-0.25, -0.2) is 0 Å². The second-order valence-electron chi connectivity index (χ2n) is 13.6. The van der Waals surface area contributed by atoms with Gasteiger partial charge in [0.1, 0.15) is 18.1 Å². The number of furan rings is 1. The van der Waals surface area contributed by atoms with E-state index in [1.54, 1.807) is 11.0 Å². The topological polar surface area (TPSA) is 103 Å². The average molecular weight is 615 g/mol. The third-order valence-electron chi connectivity index (χ3n) is 10.5. The molecule has 0 unspecified atom stereocenters. The van der Waals surface area contributed by atoms with Gasteiger partial charge in [-0.2, -0.15) is 0 Å². The van der Waals surface area contributed by atoms with E-state index in [2.05, 4.69) is 49.9 Å². The number of hydrogen-bond donors (Lipinski definition) is 2. The summed E-state index contributed by atoms with van der Waals surface area (Å²) in [6.45, 7) is 8.90. The van der Waals surface area contributed by atoms with Gasteiger partial charge in [-0.1, -0.05) is 62.2 Å². The third kappa shape index (κ3) is 6.64. The molecule has 3 fully saturated rings. The van der Waals surface area contributed by atoms with E-state index in [9.17, 15) is 19.7 Å². The minimum Gasteiger partial charge on any atom is -0.459 e. The maximum absolute atomic E-state index is 14.2. The number of aliphatic hydroxyl groups excluding tert-OH is 1. The Bertz CT molecular complexity index is 1430. The molecule has 6 rings (SSSR count). The molecule has 45 heavy (non-hydrogen) atoms. The van der Waals surface area contributed by atoms with Crippen LogP contribution in [0.4, 0.5) is 0 Å². The first-order chi connectivity index (χ1) is 21.8. The van der Waals surface area contributed by atoms with Crippen molar-refractivity contribution in [2.75, 3.05) is 13.1 Å². The van der Waals surface area contributed by atoms with Gasteiger partial charge in [0.25, 0.3) is 0 Å². The SMILES string of the molecule is CC/C(=C\c1ccc(CO)o1)CC[C@H]1OB(O)C[C@H]2C1=C(C(C)C)C[C@H]1C(=O)N(C3CCN(Cc4ccccc4)CC3)C(=O)[C@H]12. The molecule has 3 aliphatic heterocycles. The summed E-state index contributed by atoms with van der Waals surface area (Å²) in [6.07, 6.45) is 6.49. The molecular formula is C36H47BN2O6. The summed E-state index contributed by atoms with van der Waals surface area (Å²) < 4.78 is 11.9. The lowest BCUT2D eigenvalue weighted by Gasteiger charge is -2.44. The molecule has 240 valence electrons. The van der Waals surface area contributed by atoms with Gasteiger partial charge in [-0.15, -0.1) is 0 Å². The largest absolute Gasteiger partial charge is 0.459 e. The average Bonchev–Trinajstić information content (AvgIpc) is 3.60. The molecule has 4 aliphatic rings. The summed E-state index contributed by atoms with van der Waals surface area (Å²) in [5.41, 5.74) is 4.83. The van der Waals surface area contributed by atoms with Crippen LogP contribution in [0.15, 0.2) is 63.6 Å². The summed E-state index contributed by atoms with van der Waals surface area (Å²) >= 11 is 0. The van der Waals surface area contributed by atoms with Crippen LogP contribution in [0.3, 0.4) is 0 Å². The van der Waals surface area contributed by atoms with Gasteiger partial charge < -0.3 is 19.2 Å². The molecule has 2 aromatic rings. The molecule has 1 aromatic heterocycles. The highest BCUT2D eigenvalue weighted by atomic mass is 16.5. The number of amides is 2. The standard InChI is InChI=1S/C36H47BN2O6/c1-4-24(18-27-11-12-28(22-40)44-27)10-13-32-33-29(23(2)3)19-30-34(31(33)20-37(43)45-32)36(42)39(35(30)41)26-14-16-38(17-15-26)21-25-8-6-5-7-9-25/h5-9,11-12,18,23,26,30-32,34,40,43H,4,10,13-17,19-22H2,1-3H3/b24-18+/t30-,31+,32-,34-/m1/s1. The van der Waals surface area contributed by atoms with Crippen LogP contribution >= 0.6 is 0 Å². The number of fused-ring (bicyclic) bond motifs is 3. The van der Waals surface area contributed by atoms with Crippen LogP contribution in [0.2, 0.25) is 6.32 Å². The van der Waals surface area contributed by atoms with Crippen molar-refractivity contribution in [3.05, 3.63) is 76.3 Å². The Hall–Kier alpha value is -2.98. The van der Waals surface area contributed by atoms with Crippen molar-refractivity contribution in [3.8, 4) is 0 Å². The van der Waals surface area contributed by atoms with Crippen LogP contribution in [0, 0.1) is 23.7 Å². The number of nitrogens with zero attached hydrogens (tertiary/aromatic N) is 2. The van der Waals surface area contributed by atoms with E-state index >= 15 is 0 Å². The Balaban J connectivity index is 1.18. The number of aliphatic hydroxyl groups is 1. The Labute approximate surface area is 267 Å². The molecule has 4 heterocycles. The summed E-state index contributed by atoms with van der Waals surface area (Å²) in [6, 6.07) is 14.0. The summed E-state index contributed by atoms with van der Waals surface area (Å²) in [4.78, 5) is 32.3. The van der Waals surface area contributed by atoms with E-state index in [0.717, 1.165) is 50.9 Å². The van der Waals surface area contributed by atoms with Gasteiger partial charge >= 0.3 is 7.12 Å².